The van der Waals surface area contributed by atoms with Gasteiger partial charge in [-0.3, -0.25) is 10.1 Å². The van der Waals surface area contributed by atoms with Gasteiger partial charge in [-0.1, -0.05) is 0 Å². The number of nitro benzene ring substituents is 1. The number of nitro groups is 1. The number of benzene rings is 1. The molecule has 0 saturated heterocycles. The highest BCUT2D eigenvalue weighted by Crippen LogP contribution is 2.09. The van der Waals surface area contributed by atoms with Crippen LogP contribution in [0.5, 0.6) is 0 Å². The number of hydrazine groups is 1. The third-order valence-electron chi connectivity index (χ3n) is 1.54. The minimum Gasteiger partial charge on any atom is -0.372 e. The molecule has 0 aromatic heterocycles. The van der Waals surface area contributed by atoms with Gasteiger partial charge < -0.3 is 5.73 Å². The fraction of sp³-hybridized carbons (Fsp3) is 0. The van der Waals surface area contributed by atoms with Gasteiger partial charge in [-0.2, -0.15) is 0 Å². The van der Waals surface area contributed by atoms with E-state index in [0.29, 0.717) is 0 Å². The van der Waals surface area contributed by atoms with E-state index in [9.17, 15) is 10.1 Å². The molecule has 0 unspecified atom stereocenters. The first-order valence-electron chi connectivity index (χ1n) is 3.98. The topological polar surface area (TPSA) is 95.2 Å². The maximum atomic E-state index is 10.3. The van der Waals surface area contributed by atoms with Gasteiger partial charge in [0.2, 0.25) is 5.11 Å². The number of rotatable bonds is 3. The molecule has 0 radical (unpaired) electrons. The smallest absolute Gasteiger partial charge is 0.269 e. The molecule has 15 heavy (non-hydrogen) atoms. The van der Waals surface area contributed by atoms with Crippen molar-refractivity contribution in [3.63, 3.8) is 0 Å². The fourth-order valence-corrected chi connectivity index (χ4v) is 0.942. The molecule has 0 aliphatic heterocycles. The molecule has 1 rings (SSSR count). The molecule has 0 amide bonds. The van der Waals surface area contributed by atoms with E-state index < -0.39 is 4.92 Å². The van der Waals surface area contributed by atoms with Crippen molar-refractivity contribution in [3.8, 4) is 0 Å². The first-order valence-corrected chi connectivity index (χ1v) is 4.39. The van der Waals surface area contributed by atoms with Crippen LogP contribution >= 0.6 is 12.2 Å². The zero-order valence-electron chi connectivity index (χ0n) is 7.64. The van der Waals surface area contributed by atoms with Crippen LogP contribution < -0.4 is 16.3 Å². The van der Waals surface area contributed by atoms with Crippen LogP contribution in [0.1, 0.15) is 5.56 Å². The van der Waals surface area contributed by atoms with E-state index in [-0.39, 0.29) is 10.8 Å². The minimum atomic E-state index is -0.454. The fourth-order valence-electron chi connectivity index (χ4n) is 0.883. The Morgan fingerprint density at radius 2 is 2.13 bits per heavy atom. The zero-order chi connectivity index (χ0) is 11.3. The Balaban J connectivity index is 2.68. The Hall–Kier alpha value is -2.02. The van der Waals surface area contributed by atoms with E-state index in [1.165, 1.54) is 12.1 Å². The van der Waals surface area contributed by atoms with Gasteiger partial charge in [0.05, 0.1) is 4.92 Å². The number of nitrogens with two attached hydrogens (primary N) is 1. The van der Waals surface area contributed by atoms with Crippen molar-refractivity contribution in [2.45, 2.75) is 0 Å². The Labute approximate surface area is 90.9 Å². The standard InChI is InChI=1S/C8H8N4O2S/c9-8(15)11-10-5-6-1-3-7(4-2-6)12(13)14/h1-5H,(H3,9,11,15)/p+1. The predicted molar refractivity (Wildman–Crippen MR) is 59.1 cm³/mol. The van der Waals surface area contributed by atoms with Crippen molar-refractivity contribution in [2.24, 2.45) is 5.73 Å². The summed E-state index contributed by atoms with van der Waals surface area (Å²) < 4.78 is 0. The summed E-state index contributed by atoms with van der Waals surface area (Å²) in [5.41, 5.74) is 8.49. The molecule has 6 nitrogen and oxygen atoms in total. The van der Waals surface area contributed by atoms with Crippen LogP contribution in [-0.4, -0.2) is 16.3 Å². The van der Waals surface area contributed by atoms with Crippen LogP contribution in [0.3, 0.4) is 0 Å². The first kappa shape index (κ1) is 11.1. The molecule has 78 valence electrons. The number of nitrogens with zero attached hydrogens (tertiary/aromatic N) is 1. The van der Waals surface area contributed by atoms with Gasteiger partial charge in [0, 0.05) is 17.7 Å². The number of hydrogen-bond acceptors (Lipinski definition) is 3. The molecule has 0 saturated carbocycles. The lowest BCUT2D eigenvalue weighted by atomic mass is 10.2. The third-order valence-corrected chi connectivity index (χ3v) is 1.64. The molecule has 0 atom stereocenters. The third kappa shape index (κ3) is 3.69. The number of non-ortho nitro benzene ring substituents is 1. The summed E-state index contributed by atoms with van der Waals surface area (Å²) in [4.78, 5) is 9.90. The second kappa shape index (κ2) is 5.01. The average molecular weight is 225 g/mol. The molecular weight excluding hydrogens is 216 g/mol. The number of thiocarbonyl (C=S) groups is 1. The van der Waals surface area contributed by atoms with Crippen LogP contribution in [-0.2, 0) is 0 Å². The van der Waals surface area contributed by atoms with Gasteiger partial charge in [-0.05, 0) is 24.4 Å². The van der Waals surface area contributed by atoms with Crippen LogP contribution in [0.2, 0.25) is 0 Å². The SMILES string of the molecule is NC(=S)N[NH+]=Cc1ccc([N+](=O)[O-])cc1. The summed E-state index contributed by atoms with van der Waals surface area (Å²) in [5, 5.41) is 13.1. The van der Waals surface area contributed by atoms with Gasteiger partial charge in [-0.25, -0.2) is 0 Å². The van der Waals surface area contributed by atoms with E-state index in [2.05, 4.69) is 22.7 Å². The molecule has 0 aliphatic carbocycles. The van der Waals surface area contributed by atoms with Crippen molar-refractivity contribution in [1.82, 2.24) is 5.43 Å². The quantitative estimate of drug-likeness (QED) is 0.261. The van der Waals surface area contributed by atoms with Crippen molar-refractivity contribution in [1.29, 1.82) is 0 Å². The van der Waals surface area contributed by atoms with Crippen LogP contribution in [0.4, 0.5) is 5.69 Å². The molecule has 1 aromatic rings. The molecule has 0 heterocycles. The Morgan fingerprint density at radius 3 is 2.60 bits per heavy atom. The molecule has 0 bridgehead atoms. The molecule has 7 heteroatoms. The number of hydrazone groups is 1. The minimum absolute atomic E-state index is 0.0504. The summed E-state index contributed by atoms with van der Waals surface area (Å²) in [6, 6.07) is 6.03. The van der Waals surface area contributed by atoms with Gasteiger partial charge in [0.1, 0.15) is 0 Å². The lowest BCUT2D eigenvalue weighted by molar-refractivity contribution is -0.499. The summed E-state index contributed by atoms with van der Waals surface area (Å²) in [5.74, 6) is 0. The maximum Gasteiger partial charge on any atom is 0.269 e. The second-order valence-electron chi connectivity index (χ2n) is 2.63. The van der Waals surface area contributed by atoms with Crippen molar-refractivity contribution < 1.29 is 10.0 Å². The highest BCUT2D eigenvalue weighted by atomic mass is 32.1. The maximum absolute atomic E-state index is 10.3. The van der Waals surface area contributed by atoms with Gasteiger partial charge in [0.25, 0.3) is 5.69 Å². The number of nitrogens with one attached hydrogen (secondary N) is 2. The van der Waals surface area contributed by atoms with E-state index in [4.69, 9.17) is 5.73 Å². The van der Waals surface area contributed by atoms with Crippen molar-refractivity contribution >= 4 is 29.2 Å². The number of hydrogen-bond donors (Lipinski definition) is 3. The monoisotopic (exact) mass is 225 g/mol. The summed E-state index contributed by atoms with van der Waals surface area (Å²) in [6.45, 7) is 0. The summed E-state index contributed by atoms with van der Waals surface area (Å²) in [7, 11) is 0. The first-order chi connectivity index (χ1) is 7.09. The van der Waals surface area contributed by atoms with Gasteiger partial charge in [0.15, 0.2) is 6.21 Å². The van der Waals surface area contributed by atoms with E-state index in [0.717, 1.165) is 5.56 Å². The highest BCUT2D eigenvalue weighted by molar-refractivity contribution is 7.80. The van der Waals surface area contributed by atoms with Crippen LogP contribution in [0.15, 0.2) is 24.3 Å². The summed E-state index contributed by atoms with van der Waals surface area (Å²) >= 11 is 4.56. The molecule has 4 N–H and O–H groups in total. The van der Waals surface area contributed by atoms with Crippen molar-refractivity contribution in [3.05, 3.63) is 39.9 Å². The van der Waals surface area contributed by atoms with Gasteiger partial charge in [-0.15, -0.1) is 10.5 Å². The lowest BCUT2D eigenvalue weighted by Gasteiger charge is -1.91. The summed E-state index contributed by atoms with van der Waals surface area (Å²) in [6.07, 6.45) is 1.59. The lowest BCUT2D eigenvalue weighted by Crippen LogP contribution is -2.82. The zero-order valence-corrected chi connectivity index (χ0v) is 8.45. The Bertz CT molecular complexity index is 402. The van der Waals surface area contributed by atoms with E-state index in [1.807, 2.05) is 0 Å². The van der Waals surface area contributed by atoms with Crippen LogP contribution in [0, 0.1) is 10.1 Å². The molecule has 0 spiro atoms. The second-order valence-corrected chi connectivity index (χ2v) is 3.07. The molecular formula is C8H9N4O2S+. The average Bonchev–Trinajstić information content (AvgIpc) is 2.18. The molecule has 0 fully saturated rings. The van der Waals surface area contributed by atoms with Crippen molar-refractivity contribution in [2.75, 3.05) is 0 Å². The molecule has 1 aromatic carbocycles. The van der Waals surface area contributed by atoms with E-state index in [1.54, 1.807) is 18.3 Å². The Morgan fingerprint density at radius 1 is 1.53 bits per heavy atom. The Kier molecular flexibility index (Phi) is 3.69. The molecule has 0 aliphatic rings. The van der Waals surface area contributed by atoms with Gasteiger partial charge >= 0.3 is 0 Å². The largest absolute Gasteiger partial charge is 0.372 e. The van der Waals surface area contributed by atoms with E-state index >= 15 is 0 Å². The highest BCUT2D eigenvalue weighted by Gasteiger charge is 2.03. The predicted octanol–water partition coefficient (Wildman–Crippen LogP) is -1.16. The van der Waals surface area contributed by atoms with Crippen LogP contribution in [0.25, 0.3) is 0 Å². The normalized spacial score (nSPS) is 10.1.